The molecular formula is C18H20N4O5S3. The summed E-state index contributed by atoms with van der Waals surface area (Å²) in [5, 5.41) is 2.31. The summed E-state index contributed by atoms with van der Waals surface area (Å²) >= 11 is 2.04. The van der Waals surface area contributed by atoms with Crippen molar-refractivity contribution in [3.63, 3.8) is 0 Å². The van der Waals surface area contributed by atoms with Crippen LogP contribution in [0.15, 0.2) is 38.2 Å². The fourth-order valence-electron chi connectivity index (χ4n) is 3.45. The van der Waals surface area contributed by atoms with Crippen molar-refractivity contribution < 1.29 is 18.0 Å². The Labute approximate surface area is 181 Å². The van der Waals surface area contributed by atoms with Crippen molar-refractivity contribution in [3.05, 3.63) is 39.6 Å². The van der Waals surface area contributed by atoms with Crippen molar-refractivity contribution in [2.45, 2.75) is 27.7 Å². The van der Waals surface area contributed by atoms with Crippen LogP contribution in [0.4, 0.5) is 5.69 Å². The highest BCUT2D eigenvalue weighted by molar-refractivity contribution is 8.01. The van der Waals surface area contributed by atoms with E-state index in [2.05, 4.69) is 10.3 Å². The predicted molar refractivity (Wildman–Crippen MR) is 114 cm³/mol. The highest BCUT2D eigenvalue weighted by Gasteiger charge is 2.35. The SMILES string of the molecule is Cc1[nH]c(=O)sc1S(=O)(=O)N1CCN(C(=O)CC2Sc3ccccc3NC2=O)CC1. The fourth-order valence-corrected chi connectivity index (χ4v) is 7.41. The Morgan fingerprint density at radius 2 is 1.87 bits per heavy atom. The Kier molecular flexibility index (Phi) is 5.75. The first kappa shape index (κ1) is 21.1. The molecule has 0 bridgehead atoms. The summed E-state index contributed by atoms with van der Waals surface area (Å²) in [6.07, 6.45) is 0.0517. The van der Waals surface area contributed by atoms with Crippen molar-refractivity contribution >= 4 is 50.6 Å². The van der Waals surface area contributed by atoms with Gasteiger partial charge in [-0.1, -0.05) is 23.5 Å². The minimum atomic E-state index is -3.78. The average Bonchev–Trinajstić information content (AvgIpc) is 3.07. The first-order chi connectivity index (χ1) is 14.3. The number of thioether (sulfide) groups is 1. The molecule has 30 heavy (non-hydrogen) atoms. The third-order valence-electron chi connectivity index (χ3n) is 5.01. The van der Waals surface area contributed by atoms with Crippen molar-refractivity contribution in [1.82, 2.24) is 14.2 Å². The monoisotopic (exact) mass is 468 g/mol. The highest BCUT2D eigenvalue weighted by Crippen LogP contribution is 2.36. The molecule has 1 aromatic carbocycles. The number of carbonyl (C=O) groups excluding carboxylic acids is 2. The number of sulfonamides is 1. The summed E-state index contributed by atoms with van der Waals surface area (Å²) in [5.74, 6) is -0.382. The third kappa shape index (κ3) is 4.04. The maximum absolute atomic E-state index is 12.8. The van der Waals surface area contributed by atoms with Gasteiger partial charge in [0, 0.05) is 43.2 Å². The van der Waals surface area contributed by atoms with Crippen LogP contribution < -0.4 is 10.2 Å². The Morgan fingerprint density at radius 3 is 2.53 bits per heavy atom. The number of carbonyl (C=O) groups is 2. The molecule has 1 saturated heterocycles. The van der Waals surface area contributed by atoms with Crippen LogP contribution in [0, 0.1) is 6.92 Å². The first-order valence-corrected chi connectivity index (χ1v) is 12.4. The Balaban J connectivity index is 1.37. The van der Waals surface area contributed by atoms with Crippen LogP contribution in [0.2, 0.25) is 0 Å². The van der Waals surface area contributed by atoms with Gasteiger partial charge in [0.1, 0.15) is 0 Å². The summed E-state index contributed by atoms with van der Waals surface area (Å²) < 4.78 is 26.9. The van der Waals surface area contributed by atoms with E-state index in [-0.39, 0.29) is 48.6 Å². The topological polar surface area (TPSA) is 120 Å². The predicted octanol–water partition coefficient (Wildman–Crippen LogP) is 1.08. The molecule has 2 amide bonds. The lowest BCUT2D eigenvalue weighted by molar-refractivity contribution is -0.133. The fraction of sp³-hybridized carbons (Fsp3) is 0.389. The molecule has 4 rings (SSSR count). The maximum Gasteiger partial charge on any atom is 0.305 e. The van der Waals surface area contributed by atoms with E-state index in [0.717, 1.165) is 10.6 Å². The molecule has 3 heterocycles. The number of benzene rings is 1. The lowest BCUT2D eigenvalue weighted by Gasteiger charge is -2.34. The number of amides is 2. The van der Waals surface area contributed by atoms with E-state index in [1.807, 2.05) is 24.3 Å². The highest BCUT2D eigenvalue weighted by atomic mass is 32.2. The number of piperazine rings is 1. The van der Waals surface area contributed by atoms with Crippen LogP contribution in [0.1, 0.15) is 12.1 Å². The number of rotatable bonds is 4. The molecular weight excluding hydrogens is 448 g/mol. The van der Waals surface area contributed by atoms with Gasteiger partial charge in [0.05, 0.1) is 10.9 Å². The summed E-state index contributed by atoms with van der Waals surface area (Å²) in [4.78, 5) is 41.1. The van der Waals surface area contributed by atoms with Crippen molar-refractivity contribution in [2.24, 2.45) is 0 Å². The van der Waals surface area contributed by atoms with Gasteiger partial charge in [-0.15, -0.1) is 11.8 Å². The number of hydrogen-bond donors (Lipinski definition) is 2. The minimum absolute atomic E-state index is 0.0150. The Hall–Kier alpha value is -2.15. The molecule has 12 heteroatoms. The second-order valence-electron chi connectivity index (χ2n) is 7.01. The average molecular weight is 469 g/mol. The van der Waals surface area contributed by atoms with Gasteiger partial charge in [0.2, 0.25) is 11.8 Å². The molecule has 1 aromatic heterocycles. The number of hydrogen-bond acceptors (Lipinski definition) is 7. The van der Waals surface area contributed by atoms with Gasteiger partial charge < -0.3 is 15.2 Å². The third-order valence-corrected chi connectivity index (χ3v) is 9.77. The largest absolute Gasteiger partial charge is 0.340 e. The Bertz CT molecular complexity index is 1150. The van der Waals surface area contributed by atoms with Gasteiger partial charge in [-0.25, -0.2) is 8.42 Å². The molecule has 1 fully saturated rings. The van der Waals surface area contributed by atoms with E-state index < -0.39 is 20.1 Å². The van der Waals surface area contributed by atoms with E-state index in [0.29, 0.717) is 17.0 Å². The van der Waals surface area contributed by atoms with Crippen LogP contribution in [-0.4, -0.2) is 65.9 Å². The number of H-pyrrole nitrogens is 1. The molecule has 0 spiro atoms. The molecule has 1 atom stereocenters. The van der Waals surface area contributed by atoms with Gasteiger partial charge in [-0.2, -0.15) is 4.31 Å². The van der Waals surface area contributed by atoms with Crippen LogP contribution in [0.5, 0.6) is 0 Å². The second kappa shape index (κ2) is 8.17. The van der Waals surface area contributed by atoms with Gasteiger partial charge in [-0.05, 0) is 19.1 Å². The zero-order valence-corrected chi connectivity index (χ0v) is 18.5. The van der Waals surface area contributed by atoms with E-state index in [1.54, 1.807) is 11.8 Å². The summed E-state index contributed by atoms with van der Waals surface area (Å²) in [7, 11) is -3.78. The Morgan fingerprint density at radius 1 is 1.17 bits per heavy atom. The minimum Gasteiger partial charge on any atom is -0.340 e. The zero-order valence-electron chi connectivity index (χ0n) is 16.1. The van der Waals surface area contributed by atoms with E-state index in [1.165, 1.54) is 16.1 Å². The van der Waals surface area contributed by atoms with E-state index in [9.17, 15) is 22.8 Å². The number of para-hydroxylation sites is 1. The number of fused-ring (bicyclic) bond motifs is 1. The molecule has 2 aromatic rings. The van der Waals surface area contributed by atoms with E-state index >= 15 is 0 Å². The van der Waals surface area contributed by atoms with Gasteiger partial charge >= 0.3 is 4.87 Å². The number of aryl methyl sites for hydroxylation is 1. The van der Waals surface area contributed by atoms with Gasteiger partial charge in [0.15, 0.2) is 4.21 Å². The second-order valence-corrected chi connectivity index (χ2v) is 11.4. The molecule has 0 saturated carbocycles. The number of aromatic amines is 1. The molecule has 2 aliphatic heterocycles. The summed E-state index contributed by atoms with van der Waals surface area (Å²) in [6.45, 7) is 2.33. The number of nitrogens with zero attached hydrogens (tertiary/aromatic N) is 2. The lowest BCUT2D eigenvalue weighted by atomic mass is 10.2. The zero-order chi connectivity index (χ0) is 21.5. The molecule has 0 aliphatic carbocycles. The molecule has 2 aliphatic rings. The van der Waals surface area contributed by atoms with Crippen molar-refractivity contribution in [3.8, 4) is 0 Å². The maximum atomic E-state index is 12.8. The van der Waals surface area contributed by atoms with Crippen molar-refractivity contribution in [2.75, 3.05) is 31.5 Å². The van der Waals surface area contributed by atoms with Crippen LogP contribution in [-0.2, 0) is 19.6 Å². The number of thiazole rings is 1. The lowest BCUT2D eigenvalue weighted by Crippen LogP contribution is -2.51. The molecule has 0 radical (unpaired) electrons. The summed E-state index contributed by atoms with van der Waals surface area (Å²) in [6, 6.07) is 7.44. The van der Waals surface area contributed by atoms with Crippen molar-refractivity contribution in [1.29, 1.82) is 0 Å². The van der Waals surface area contributed by atoms with E-state index in [4.69, 9.17) is 0 Å². The molecule has 9 nitrogen and oxygen atoms in total. The van der Waals surface area contributed by atoms with Gasteiger partial charge in [-0.3, -0.25) is 14.4 Å². The number of nitrogens with one attached hydrogen (secondary N) is 2. The number of anilines is 1. The quantitative estimate of drug-likeness (QED) is 0.693. The van der Waals surface area contributed by atoms with Crippen LogP contribution in [0.25, 0.3) is 0 Å². The summed E-state index contributed by atoms with van der Waals surface area (Å²) in [5.41, 5.74) is 1.07. The normalized spacial score (nSPS) is 20.0. The molecule has 1 unspecified atom stereocenters. The first-order valence-electron chi connectivity index (χ1n) is 9.30. The van der Waals surface area contributed by atoms with Gasteiger partial charge in [0.25, 0.3) is 10.0 Å². The molecule has 2 N–H and O–H groups in total. The number of aromatic nitrogens is 1. The smallest absolute Gasteiger partial charge is 0.305 e. The van der Waals surface area contributed by atoms with Crippen LogP contribution in [0.3, 0.4) is 0 Å². The molecule has 160 valence electrons. The standard InChI is InChI=1S/C18H20N4O5S3/c1-11-17(29-18(25)19-11)30(26,27)22-8-6-21(7-9-22)15(23)10-14-16(24)20-12-4-2-3-5-13(12)28-14/h2-5,14H,6-10H2,1H3,(H,19,25)(H,20,24). The van der Waals surface area contributed by atoms with Crippen LogP contribution >= 0.6 is 23.1 Å².